The van der Waals surface area contributed by atoms with Crippen molar-refractivity contribution in [1.29, 1.82) is 0 Å². The van der Waals surface area contributed by atoms with E-state index in [0.29, 0.717) is 0 Å². The van der Waals surface area contributed by atoms with Gasteiger partial charge in [0, 0.05) is 0 Å². The molecule has 0 aliphatic carbocycles. The number of rotatable bonds is 0. The van der Waals surface area contributed by atoms with E-state index in [-0.39, 0.29) is 122 Å². The van der Waals surface area contributed by atoms with Gasteiger partial charge in [0.2, 0.25) is 0 Å². The Hall–Kier alpha value is 3.70. The molecule has 0 aliphatic heterocycles. The standard InChI is InChI=1S/3BrH.K.Zn/h3*1H;;/q;;;+1;+2/p-3. The van der Waals surface area contributed by atoms with Crippen molar-refractivity contribution in [1.82, 2.24) is 0 Å². The average Bonchev–Trinajstić information content (AvgIpc) is 0. The maximum Gasteiger partial charge on any atom is 2.00 e. The fourth-order valence-electron chi connectivity index (χ4n) is 0. The van der Waals surface area contributed by atoms with Gasteiger partial charge in [-0.1, -0.05) is 0 Å². The zero-order chi connectivity index (χ0) is 0. The van der Waals surface area contributed by atoms with Gasteiger partial charge in [-0.2, -0.15) is 0 Å². The van der Waals surface area contributed by atoms with Gasteiger partial charge >= 0.3 is 70.9 Å². The van der Waals surface area contributed by atoms with Crippen molar-refractivity contribution in [3.8, 4) is 0 Å². The summed E-state index contributed by atoms with van der Waals surface area (Å²) in [5.41, 5.74) is 0. The zero-order valence-electron chi connectivity index (χ0n) is 2.84. The molecule has 0 aliphatic rings. The molecule has 0 atom stereocenters. The fourth-order valence-corrected chi connectivity index (χ4v) is 0. The van der Waals surface area contributed by atoms with E-state index in [9.17, 15) is 0 Å². The van der Waals surface area contributed by atoms with Gasteiger partial charge < -0.3 is 50.9 Å². The Morgan fingerprint density at radius 3 is 0.600 bits per heavy atom. The van der Waals surface area contributed by atoms with Crippen LogP contribution in [0.25, 0.3) is 0 Å². The molecular weight excluding hydrogens is 344 g/mol. The van der Waals surface area contributed by atoms with Gasteiger partial charge in [0.15, 0.2) is 0 Å². The van der Waals surface area contributed by atoms with Gasteiger partial charge in [-0.05, 0) is 0 Å². The summed E-state index contributed by atoms with van der Waals surface area (Å²) in [4.78, 5) is 0. The molecule has 0 amide bonds. The quantitative estimate of drug-likeness (QED) is 0.383. The first-order chi connectivity index (χ1) is 0. The number of hydrogen-bond donors (Lipinski definition) is 0. The second-order valence-electron chi connectivity index (χ2n) is 0. The minimum absolute atomic E-state index is 0. The van der Waals surface area contributed by atoms with Crippen LogP contribution in [0.4, 0.5) is 0 Å². The van der Waals surface area contributed by atoms with E-state index in [1.54, 1.807) is 0 Å². The predicted molar refractivity (Wildman–Crippen MR) is 0 cm³/mol. The van der Waals surface area contributed by atoms with Crippen LogP contribution < -0.4 is 102 Å². The third-order valence-corrected chi connectivity index (χ3v) is 0. The van der Waals surface area contributed by atoms with E-state index < -0.39 is 0 Å². The van der Waals surface area contributed by atoms with Crippen LogP contribution in [0, 0.1) is 0 Å². The predicted octanol–water partition coefficient (Wildman–Crippen LogP) is -12.0. The molecule has 0 aromatic carbocycles. The Bertz CT molecular complexity index is 6.85. The normalized spacial score (nSPS) is 0. The van der Waals surface area contributed by atoms with Crippen molar-refractivity contribution in [3.63, 3.8) is 0 Å². The number of halogens is 3. The molecule has 0 radical (unpaired) electrons. The maximum absolute atomic E-state index is 0. The second kappa shape index (κ2) is 25.2. The minimum Gasteiger partial charge on any atom is -1.00 e. The summed E-state index contributed by atoms with van der Waals surface area (Å²) in [6, 6.07) is 0. The van der Waals surface area contributed by atoms with Gasteiger partial charge in [0.1, 0.15) is 0 Å². The average molecular weight is 344 g/mol. The summed E-state index contributed by atoms with van der Waals surface area (Å²) in [5, 5.41) is 0. The Labute approximate surface area is 119 Å². The van der Waals surface area contributed by atoms with Gasteiger partial charge in [0.05, 0.1) is 0 Å². The molecule has 0 spiro atoms. The zero-order valence-corrected chi connectivity index (χ0v) is 13.7. The molecule has 0 aromatic rings. The topological polar surface area (TPSA) is 0 Å². The first kappa shape index (κ1) is 37.7. The van der Waals surface area contributed by atoms with Gasteiger partial charge in [-0.3, -0.25) is 0 Å². The van der Waals surface area contributed by atoms with Crippen LogP contribution in [0.15, 0.2) is 0 Å². The third-order valence-electron chi connectivity index (χ3n) is 0. The van der Waals surface area contributed by atoms with Crippen LogP contribution in [0.1, 0.15) is 0 Å². The summed E-state index contributed by atoms with van der Waals surface area (Å²) in [5.74, 6) is 0. The van der Waals surface area contributed by atoms with Gasteiger partial charge in [-0.25, -0.2) is 0 Å². The van der Waals surface area contributed by atoms with Crippen molar-refractivity contribution in [3.05, 3.63) is 0 Å². The first-order valence-corrected chi connectivity index (χ1v) is 0. The molecule has 0 bridgehead atoms. The van der Waals surface area contributed by atoms with Crippen molar-refractivity contribution < 1.29 is 122 Å². The molecule has 0 saturated heterocycles. The largest absolute Gasteiger partial charge is 2.00 e. The van der Waals surface area contributed by atoms with E-state index in [1.807, 2.05) is 0 Å². The Balaban J connectivity index is 0. The first-order valence-electron chi connectivity index (χ1n) is 0. The molecule has 0 heterocycles. The van der Waals surface area contributed by atoms with Crippen LogP contribution in [-0.2, 0) is 19.5 Å². The second-order valence-corrected chi connectivity index (χ2v) is 0. The van der Waals surface area contributed by atoms with Crippen molar-refractivity contribution in [2.45, 2.75) is 0 Å². The SMILES string of the molecule is [Br-].[Br-].[Br-].[K+].[Zn+2]. The summed E-state index contributed by atoms with van der Waals surface area (Å²) in [7, 11) is 0. The van der Waals surface area contributed by atoms with Gasteiger partial charge in [0.25, 0.3) is 0 Å². The summed E-state index contributed by atoms with van der Waals surface area (Å²) in [6.07, 6.45) is 0. The molecule has 0 fully saturated rings. The van der Waals surface area contributed by atoms with Gasteiger partial charge in [-0.15, -0.1) is 0 Å². The molecule has 0 N–H and O–H groups in total. The molecule has 5 heavy (non-hydrogen) atoms. The molecule has 24 valence electrons. The molecule has 0 rings (SSSR count). The Morgan fingerprint density at radius 2 is 0.600 bits per heavy atom. The maximum atomic E-state index is 0. The van der Waals surface area contributed by atoms with Crippen LogP contribution in [-0.4, -0.2) is 0 Å². The van der Waals surface area contributed by atoms with E-state index in [1.165, 1.54) is 0 Å². The minimum atomic E-state index is 0. The summed E-state index contributed by atoms with van der Waals surface area (Å²) in [6.45, 7) is 0. The fraction of sp³-hybridized carbons (Fsp3) is 0. The summed E-state index contributed by atoms with van der Waals surface area (Å²) >= 11 is 0. The molecule has 0 nitrogen and oxygen atoms in total. The monoisotopic (exact) mass is 340 g/mol. The van der Waals surface area contributed by atoms with Crippen LogP contribution in [0.3, 0.4) is 0 Å². The Kier molecular flexibility index (Phi) is 190. The number of hydrogen-bond acceptors (Lipinski definition) is 0. The van der Waals surface area contributed by atoms with Crippen LogP contribution in [0.5, 0.6) is 0 Å². The molecule has 0 unspecified atom stereocenters. The molecule has 0 aromatic heterocycles. The third kappa shape index (κ3) is 18.3. The Morgan fingerprint density at radius 1 is 0.600 bits per heavy atom. The van der Waals surface area contributed by atoms with E-state index in [4.69, 9.17) is 0 Å². The van der Waals surface area contributed by atoms with Crippen molar-refractivity contribution in [2.24, 2.45) is 0 Å². The van der Waals surface area contributed by atoms with E-state index in [2.05, 4.69) is 0 Å². The summed E-state index contributed by atoms with van der Waals surface area (Å²) < 4.78 is 0. The van der Waals surface area contributed by atoms with Crippen molar-refractivity contribution >= 4 is 0 Å². The molecular formula is Br3KZn. The van der Waals surface area contributed by atoms with Crippen LogP contribution in [0.2, 0.25) is 0 Å². The smallest absolute Gasteiger partial charge is 1.00 e. The van der Waals surface area contributed by atoms with E-state index in [0.717, 1.165) is 0 Å². The molecule has 0 saturated carbocycles. The van der Waals surface area contributed by atoms with E-state index >= 15 is 0 Å². The molecule has 5 heteroatoms. The van der Waals surface area contributed by atoms with Crippen LogP contribution >= 0.6 is 0 Å². The van der Waals surface area contributed by atoms with Crippen molar-refractivity contribution in [2.75, 3.05) is 0 Å².